The summed E-state index contributed by atoms with van der Waals surface area (Å²) in [6.07, 6.45) is 6.38. The van der Waals surface area contributed by atoms with E-state index >= 15 is 0 Å². The Morgan fingerprint density at radius 1 is 1.41 bits per heavy atom. The topological polar surface area (TPSA) is 12.0 Å². The van der Waals surface area contributed by atoms with Crippen LogP contribution in [0.5, 0.6) is 0 Å². The Bertz CT molecular complexity index is 375. The summed E-state index contributed by atoms with van der Waals surface area (Å²) in [5.41, 5.74) is 3.10. The third-order valence-corrected chi connectivity index (χ3v) is 4.47. The van der Waals surface area contributed by atoms with Crippen molar-refractivity contribution in [3.05, 3.63) is 33.8 Å². The van der Waals surface area contributed by atoms with Crippen LogP contribution in [0.3, 0.4) is 0 Å². The van der Waals surface area contributed by atoms with Gasteiger partial charge in [0.05, 0.1) is 0 Å². The van der Waals surface area contributed by atoms with Gasteiger partial charge in [-0.25, -0.2) is 0 Å². The number of benzene rings is 1. The van der Waals surface area contributed by atoms with E-state index in [0.717, 1.165) is 5.92 Å². The van der Waals surface area contributed by atoms with Gasteiger partial charge in [0.2, 0.25) is 0 Å². The minimum atomic E-state index is 0.691. The van der Waals surface area contributed by atoms with Crippen molar-refractivity contribution >= 4 is 15.9 Å². The molecule has 0 radical (unpaired) electrons. The van der Waals surface area contributed by atoms with E-state index in [-0.39, 0.29) is 0 Å². The second-order valence-electron chi connectivity index (χ2n) is 5.10. The van der Waals surface area contributed by atoms with Crippen LogP contribution in [0.1, 0.15) is 37.3 Å². The fourth-order valence-corrected chi connectivity index (χ4v) is 3.43. The first-order chi connectivity index (χ1) is 8.24. The van der Waals surface area contributed by atoms with Gasteiger partial charge in [-0.05, 0) is 61.9 Å². The minimum Gasteiger partial charge on any atom is -0.317 e. The summed E-state index contributed by atoms with van der Waals surface area (Å²) in [5, 5.41) is 3.51. The summed E-state index contributed by atoms with van der Waals surface area (Å²) >= 11 is 3.56. The minimum absolute atomic E-state index is 0.691. The number of nitrogens with one attached hydrogen (secondary N) is 1. The van der Waals surface area contributed by atoms with Crippen LogP contribution in [0.2, 0.25) is 0 Å². The van der Waals surface area contributed by atoms with Gasteiger partial charge in [-0.3, -0.25) is 0 Å². The largest absolute Gasteiger partial charge is 0.317 e. The molecule has 17 heavy (non-hydrogen) atoms. The fourth-order valence-electron chi connectivity index (χ4n) is 3.02. The van der Waals surface area contributed by atoms with Gasteiger partial charge in [0.1, 0.15) is 0 Å². The maximum absolute atomic E-state index is 3.56. The lowest BCUT2D eigenvalue weighted by Crippen LogP contribution is -2.36. The van der Waals surface area contributed by atoms with Gasteiger partial charge < -0.3 is 5.32 Å². The molecule has 2 rings (SSSR count). The molecule has 1 N–H and O–H groups in total. The molecule has 2 unspecified atom stereocenters. The number of aryl methyl sites for hydroxylation is 1. The number of rotatable bonds is 4. The fraction of sp³-hybridized carbons (Fsp3) is 0.600. The molecule has 1 nitrogen and oxygen atoms in total. The number of hydrogen-bond acceptors (Lipinski definition) is 1. The highest BCUT2D eigenvalue weighted by molar-refractivity contribution is 9.10. The molecular formula is C15H22BrN. The molecular weight excluding hydrogens is 274 g/mol. The Morgan fingerprint density at radius 3 is 2.94 bits per heavy atom. The van der Waals surface area contributed by atoms with Crippen molar-refractivity contribution in [2.75, 3.05) is 7.05 Å². The second kappa shape index (κ2) is 6.01. The van der Waals surface area contributed by atoms with Crippen molar-refractivity contribution in [3.63, 3.8) is 0 Å². The second-order valence-corrected chi connectivity index (χ2v) is 6.02. The number of hydrogen-bond donors (Lipinski definition) is 1. The highest BCUT2D eigenvalue weighted by Gasteiger charge is 2.24. The van der Waals surface area contributed by atoms with E-state index in [4.69, 9.17) is 0 Å². The standard InChI is InChI=1S/C15H22BrN/c1-3-4-15(17-2)13-6-5-12-10-14(16)8-7-11(12)9-13/h7-8,10,13,15,17H,3-6,9H2,1-2H3. The normalized spacial score (nSPS) is 21.0. The van der Waals surface area contributed by atoms with Gasteiger partial charge in [-0.15, -0.1) is 0 Å². The van der Waals surface area contributed by atoms with Crippen molar-refractivity contribution in [1.29, 1.82) is 0 Å². The first kappa shape index (κ1) is 13.1. The van der Waals surface area contributed by atoms with Gasteiger partial charge in [0.25, 0.3) is 0 Å². The third-order valence-electron chi connectivity index (χ3n) is 3.97. The highest BCUT2D eigenvalue weighted by Crippen LogP contribution is 2.30. The van der Waals surface area contributed by atoms with Gasteiger partial charge in [0, 0.05) is 10.5 Å². The molecule has 2 heteroatoms. The van der Waals surface area contributed by atoms with Crippen molar-refractivity contribution in [1.82, 2.24) is 5.32 Å². The first-order valence-corrected chi connectivity index (χ1v) is 7.48. The van der Waals surface area contributed by atoms with Gasteiger partial charge in [-0.1, -0.05) is 35.3 Å². The zero-order valence-corrected chi connectivity index (χ0v) is 12.4. The van der Waals surface area contributed by atoms with Crippen molar-refractivity contribution < 1.29 is 0 Å². The summed E-state index contributed by atoms with van der Waals surface area (Å²) in [5.74, 6) is 0.814. The van der Waals surface area contributed by atoms with Crippen LogP contribution >= 0.6 is 15.9 Å². The summed E-state index contributed by atoms with van der Waals surface area (Å²) in [6, 6.07) is 7.45. The summed E-state index contributed by atoms with van der Waals surface area (Å²) in [6.45, 7) is 2.28. The molecule has 1 aliphatic carbocycles. The molecule has 0 heterocycles. The molecule has 0 bridgehead atoms. The Balaban J connectivity index is 2.09. The molecule has 0 fully saturated rings. The van der Waals surface area contributed by atoms with Gasteiger partial charge >= 0.3 is 0 Å². The average molecular weight is 296 g/mol. The Morgan fingerprint density at radius 2 is 2.24 bits per heavy atom. The zero-order valence-electron chi connectivity index (χ0n) is 10.8. The van der Waals surface area contributed by atoms with Crippen LogP contribution < -0.4 is 5.32 Å². The molecule has 1 aliphatic rings. The van der Waals surface area contributed by atoms with E-state index in [9.17, 15) is 0 Å². The Kier molecular flexibility index (Phi) is 4.63. The summed E-state index contributed by atoms with van der Waals surface area (Å²) in [7, 11) is 2.11. The van der Waals surface area contributed by atoms with Crippen molar-refractivity contribution in [3.8, 4) is 0 Å². The smallest absolute Gasteiger partial charge is 0.0178 e. The molecule has 2 atom stereocenters. The van der Waals surface area contributed by atoms with Crippen molar-refractivity contribution in [2.24, 2.45) is 5.92 Å². The predicted molar refractivity (Wildman–Crippen MR) is 77.4 cm³/mol. The van der Waals surface area contributed by atoms with E-state index in [1.54, 1.807) is 11.1 Å². The first-order valence-electron chi connectivity index (χ1n) is 6.69. The lowest BCUT2D eigenvalue weighted by molar-refractivity contribution is 0.318. The van der Waals surface area contributed by atoms with Crippen LogP contribution in [0.4, 0.5) is 0 Å². The quantitative estimate of drug-likeness (QED) is 0.887. The van der Waals surface area contributed by atoms with E-state index in [1.165, 1.54) is 36.6 Å². The molecule has 0 aromatic heterocycles. The molecule has 94 valence electrons. The highest BCUT2D eigenvalue weighted by atomic mass is 79.9. The van der Waals surface area contributed by atoms with Crippen LogP contribution in [0.25, 0.3) is 0 Å². The monoisotopic (exact) mass is 295 g/mol. The van der Waals surface area contributed by atoms with Crippen molar-refractivity contribution in [2.45, 2.75) is 45.1 Å². The van der Waals surface area contributed by atoms with Crippen LogP contribution in [-0.4, -0.2) is 13.1 Å². The number of fused-ring (bicyclic) bond motifs is 1. The van der Waals surface area contributed by atoms with Crippen LogP contribution in [0, 0.1) is 5.92 Å². The molecule has 0 amide bonds. The molecule has 1 aromatic carbocycles. The van der Waals surface area contributed by atoms with Gasteiger partial charge in [-0.2, -0.15) is 0 Å². The molecule has 0 aliphatic heterocycles. The molecule has 0 saturated heterocycles. The Labute approximate surface area is 113 Å². The average Bonchev–Trinajstić information content (AvgIpc) is 2.35. The molecule has 0 saturated carbocycles. The van der Waals surface area contributed by atoms with E-state index in [1.807, 2.05) is 0 Å². The Hall–Kier alpha value is -0.340. The summed E-state index contributed by atoms with van der Waals surface area (Å²) in [4.78, 5) is 0. The maximum Gasteiger partial charge on any atom is 0.0178 e. The summed E-state index contributed by atoms with van der Waals surface area (Å²) < 4.78 is 1.22. The van der Waals surface area contributed by atoms with Crippen LogP contribution in [0.15, 0.2) is 22.7 Å². The lowest BCUT2D eigenvalue weighted by Gasteiger charge is -2.31. The number of halogens is 1. The van der Waals surface area contributed by atoms with E-state index in [2.05, 4.69) is 53.4 Å². The lowest BCUT2D eigenvalue weighted by atomic mass is 9.79. The zero-order chi connectivity index (χ0) is 12.3. The maximum atomic E-state index is 3.56. The molecule has 0 spiro atoms. The molecule has 1 aromatic rings. The van der Waals surface area contributed by atoms with E-state index in [0.29, 0.717) is 6.04 Å². The van der Waals surface area contributed by atoms with E-state index < -0.39 is 0 Å². The SMILES string of the molecule is CCCC(NC)C1CCc2cc(Br)ccc2C1. The van der Waals surface area contributed by atoms with Crippen LogP contribution in [-0.2, 0) is 12.8 Å². The predicted octanol–water partition coefficient (Wildman–Crippen LogP) is 3.94. The van der Waals surface area contributed by atoms with Gasteiger partial charge in [0.15, 0.2) is 0 Å². The third kappa shape index (κ3) is 3.11.